The normalized spacial score (nSPS) is 17.7. The maximum absolute atomic E-state index is 11.9. The highest BCUT2D eigenvalue weighted by Gasteiger charge is 2.19. The molecule has 5 nitrogen and oxygen atoms in total. The standard InChI is InChI=1S/C18H29N3O2/c1-14(19-17(22)23-18(2,3)4)15-7-6-8-16(13-15)21-11-9-20(5)10-12-21/h6-8,13-14H,9-12H2,1-5H3,(H,19,22)/t14-/m0/s1. The van der Waals surface area contributed by atoms with Crippen LogP contribution in [0.1, 0.15) is 39.3 Å². The molecular weight excluding hydrogens is 290 g/mol. The molecule has 0 spiro atoms. The van der Waals surface area contributed by atoms with E-state index in [1.165, 1.54) is 5.69 Å². The number of piperazine rings is 1. The predicted molar refractivity (Wildman–Crippen MR) is 93.9 cm³/mol. The number of benzene rings is 1. The van der Waals surface area contributed by atoms with Crippen LogP contribution in [0.25, 0.3) is 0 Å². The SMILES string of the molecule is C[C@H](NC(=O)OC(C)(C)C)c1cccc(N2CCN(C)CC2)c1. The van der Waals surface area contributed by atoms with Crippen LogP contribution in [0.2, 0.25) is 0 Å². The van der Waals surface area contributed by atoms with Crippen molar-refractivity contribution in [3.63, 3.8) is 0 Å². The third-order valence-corrected chi connectivity index (χ3v) is 3.97. The molecule has 1 aliphatic rings. The Labute approximate surface area is 139 Å². The fraction of sp³-hybridized carbons (Fsp3) is 0.611. The van der Waals surface area contributed by atoms with Gasteiger partial charge in [-0.25, -0.2) is 4.79 Å². The first-order valence-electron chi connectivity index (χ1n) is 8.27. The van der Waals surface area contributed by atoms with Crippen LogP contribution in [0.4, 0.5) is 10.5 Å². The fourth-order valence-corrected chi connectivity index (χ4v) is 2.62. The van der Waals surface area contributed by atoms with Crippen molar-refractivity contribution in [2.45, 2.75) is 39.3 Å². The molecule has 0 saturated carbocycles. The third kappa shape index (κ3) is 5.43. The van der Waals surface area contributed by atoms with Crippen molar-refractivity contribution >= 4 is 11.8 Å². The van der Waals surface area contributed by atoms with Crippen LogP contribution in [0, 0.1) is 0 Å². The van der Waals surface area contributed by atoms with Gasteiger partial charge in [-0.15, -0.1) is 0 Å². The Bertz CT molecular complexity index is 531. The van der Waals surface area contributed by atoms with Gasteiger partial charge in [-0.2, -0.15) is 0 Å². The molecule has 1 fully saturated rings. The molecule has 5 heteroatoms. The van der Waals surface area contributed by atoms with Gasteiger partial charge >= 0.3 is 6.09 Å². The van der Waals surface area contributed by atoms with Crippen LogP contribution in [0.3, 0.4) is 0 Å². The smallest absolute Gasteiger partial charge is 0.408 e. The lowest BCUT2D eigenvalue weighted by Crippen LogP contribution is -2.44. The molecule has 2 rings (SSSR count). The van der Waals surface area contributed by atoms with Gasteiger partial charge in [0.05, 0.1) is 6.04 Å². The van der Waals surface area contributed by atoms with E-state index in [-0.39, 0.29) is 12.1 Å². The van der Waals surface area contributed by atoms with Crippen LogP contribution in [0.5, 0.6) is 0 Å². The number of amides is 1. The Kier molecular flexibility index (Phi) is 5.52. The fourth-order valence-electron chi connectivity index (χ4n) is 2.62. The molecule has 23 heavy (non-hydrogen) atoms. The van der Waals surface area contributed by atoms with Crippen molar-refractivity contribution in [2.75, 3.05) is 38.1 Å². The summed E-state index contributed by atoms with van der Waals surface area (Å²) in [6.07, 6.45) is -0.380. The molecular formula is C18H29N3O2. The first kappa shape index (κ1) is 17.6. The van der Waals surface area contributed by atoms with Gasteiger partial charge in [-0.3, -0.25) is 0 Å². The second kappa shape index (κ2) is 7.21. The number of likely N-dealkylation sites (N-methyl/N-ethyl adjacent to an activating group) is 1. The molecule has 0 bridgehead atoms. The Morgan fingerprint density at radius 1 is 1.22 bits per heavy atom. The van der Waals surface area contributed by atoms with Gasteiger partial charge in [0, 0.05) is 31.9 Å². The van der Waals surface area contributed by atoms with Crippen molar-refractivity contribution in [2.24, 2.45) is 0 Å². The van der Waals surface area contributed by atoms with E-state index in [0.29, 0.717) is 0 Å². The van der Waals surface area contributed by atoms with Gasteiger partial charge in [0.15, 0.2) is 0 Å². The van der Waals surface area contributed by atoms with E-state index < -0.39 is 5.60 Å². The van der Waals surface area contributed by atoms with E-state index in [0.717, 1.165) is 31.7 Å². The van der Waals surface area contributed by atoms with Crippen molar-refractivity contribution in [1.29, 1.82) is 0 Å². The van der Waals surface area contributed by atoms with Crippen LogP contribution in [0.15, 0.2) is 24.3 Å². The van der Waals surface area contributed by atoms with E-state index in [4.69, 9.17) is 4.74 Å². The van der Waals surface area contributed by atoms with Crippen LogP contribution in [-0.4, -0.2) is 49.8 Å². The second-order valence-corrected chi connectivity index (χ2v) is 7.25. The Morgan fingerprint density at radius 2 is 1.87 bits per heavy atom. The number of ether oxygens (including phenoxy) is 1. The molecule has 128 valence electrons. The Balaban J connectivity index is 2.00. The van der Waals surface area contributed by atoms with E-state index >= 15 is 0 Å². The molecule has 1 amide bonds. The summed E-state index contributed by atoms with van der Waals surface area (Å²) in [6.45, 7) is 11.8. The number of hydrogen-bond donors (Lipinski definition) is 1. The largest absolute Gasteiger partial charge is 0.444 e. The molecule has 1 aromatic carbocycles. The number of nitrogens with one attached hydrogen (secondary N) is 1. The van der Waals surface area contributed by atoms with Gasteiger partial charge in [-0.05, 0) is 52.4 Å². The number of alkyl carbamates (subject to hydrolysis) is 1. The first-order valence-corrected chi connectivity index (χ1v) is 8.27. The van der Waals surface area contributed by atoms with Crippen LogP contribution < -0.4 is 10.2 Å². The highest BCUT2D eigenvalue weighted by molar-refractivity contribution is 5.68. The molecule has 1 aromatic rings. The zero-order valence-electron chi connectivity index (χ0n) is 14.9. The molecule has 0 unspecified atom stereocenters. The molecule has 1 saturated heterocycles. The van der Waals surface area contributed by atoms with Gasteiger partial charge in [0.1, 0.15) is 5.60 Å². The molecule has 0 aliphatic carbocycles. The summed E-state index contributed by atoms with van der Waals surface area (Å²) in [5.41, 5.74) is 1.83. The van der Waals surface area contributed by atoms with E-state index in [1.54, 1.807) is 0 Å². The van der Waals surface area contributed by atoms with Gasteiger partial charge in [0.2, 0.25) is 0 Å². The average molecular weight is 319 g/mol. The molecule has 0 radical (unpaired) electrons. The highest BCUT2D eigenvalue weighted by Crippen LogP contribution is 2.22. The summed E-state index contributed by atoms with van der Waals surface area (Å²) in [6, 6.07) is 8.30. The lowest BCUT2D eigenvalue weighted by atomic mass is 10.1. The minimum Gasteiger partial charge on any atom is -0.444 e. The van der Waals surface area contributed by atoms with Gasteiger partial charge < -0.3 is 19.9 Å². The minimum atomic E-state index is -0.481. The summed E-state index contributed by atoms with van der Waals surface area (Å²) >= 11 is 0. The number of carbonyl (C=O) groups is 1. The summed E-state index contributed by atoms with van der Waals surface area (Å²) in [4.78, 5) is 16.6. The van der Waals surface area contributed by atoms with Gasteiger partial charge in [-0.1, -0.05) is 12.1 Å². The number of anilines is 1. The monoisotopic (exact) mass is 319 g/mol. The zero-order valence-corrected chi connectivity index (χ0v) is 14.9. The maximum atomic E-state index is 11.9. The van der Waals surface area contributed by atoms with E-state index in [9.17, 15) is 4.79 Å². The third-order valence-electron chi connectivity index (χ3n) is 3.97. The second-order valence-electron chi connectivity index (χ2n) is 7.25. The summed E-state index contributed by atoms with van der Waals surface area (Å²) < 4.78 is 5.32. The van der Waals surface area contributed by atoms with Crippen LogP contribution >= 0.6 is 0 Å². The van der Waals surface area contributed by atoms with Crippen molar-refractivity contribution in [3.8, 4) is 0 Å². The molecule has 1 aliphatic heterocycles. The number of nitrogens with zero attached hydrogens (tertiary/aromatic N) is 2. The summed E-state index contributed by atoms with van der Waals surface area (Å²) in [5.74, 6) is 0. The maximum Gasteiger partial charge on any atom is 0.408 e. The topological polar surface area (TPSA) is 44.8 Å². The minimum absolute atomic E-state index is 0.0859. The molecule has 1 N–H and O–H groups in total. The lowest BCUT2D eigenvalue weighted by Gasteiger charge is -2.34. The number of rotatable bonds is 3. The summed E-state index contributed by atoms with van der Waals surface area (Å²) in [5, 5.41) is 2.90. The van der Waals surface area contributed by atoms with Crippen LogP contribution in [-0.2, 0) is 4.74 Å². The predicted octanol–water partition coefficient (Wildman–Crippen LogP) is 3.02. The molecule has 1 heterocycles. The van der Waals surface area contributed by atoms with Crippen molar-refractivity contribution in [1.82, 2.24) is 10.2 Å². The van der Waals surface area contributed by atoms with Crippen molar-refractivity contribution in [3.05, 3.63) is 29.8 Å². The Hall–Kier alpha value is -1.75. The Morgan fingerprint density at radius 3 is 2.48 bits per heavy atom. The summed E-state index contributed by atoms with van der Waals surface area (Å²) in [7, 11) is 2.15. The lowest BCUT2D eigenvalue weighted by molar-refractivity contribution is 0.0508. The number of carbonyl (C=O) groups excluding carboxylic acids is 1. The molecule has 1 atom stereocenters. The number of hydrogen-bond acceptors (Lipinski definition) is 4. The van der Waals surface area contributed by atoms with E-state index in [1.807, 2.05) is 33.8 Å². The van der Waals surface area contributed by atoms with Crippen molar-refractivity contribution < 1.29 is 9.53 Å². The quantitative estimate of drug-likeness (QED) is 0.930. The highest BCUT2D eigenvalue weighted by atomic mass is 16.6. The first-order chi connectivity index (χ1) is 10.7. The zero-order chi connectivity index (χ0) is 17.0. The van der Waals surface area contributed by atoms with E-state index in [2.05, 4.69) is 40.4 Å². The average Bonchev–Trinajstić information content (AvgIpc) is 2.46. The molecule has 0 aromatic heterocycles. The van der Waals surface area contributed by atoms with Gasteiger partial charge in [0.25, 0.3) is 0 Å².